The standard InChI is InChI=1S/C19H26Cl2N2O4S/c1-2-27-15-8-10-22(11-9-15)19(24)14-6-12-23(13-7-14)28(25,26)18-16(20)4-3-5-17(18)21/h3-5,14-15H,2,6-13H2,1H3. The van der Waals surface area contributed by atoms with E-state index in [1.807, 2.05) is 11.8 Å². The van der Waals surface area contributed by atoms with Gasteiger partial charge < -0.3 is 9.64 Å². The molecule has 3 rings (SSSR count). The van der Waals surface area contributed by atoms with Gasteiger partial charge in [0, 0.05) is 38.7 Å². The second kappa shape index (κ2) is 9.30. The molecule has 2 aliphatic rings. The zero-order chi connectivity index (χ0) is 20.3. The summed E-state index contributed by atoms with van der Waals surface area (Å²) in [6.07, 6.45) is 2.97. The first-order valence-electron chi connectivity index (χ1n) is 9.69. The Balaban J connectivity index is 1.59. The summed E-state index contributed by atoms with van der Waals surface area (Å²) in [4.78, 5) is 14.7. The van der Waals surface area contributed by atoms with Gasteiger partial charge in [-0.3, -0.25) is 4.79 Å². The molecule has 6 nitrogen and oxygen atoms in total. The number of carbonyl (C=O) groups is 1. The van der Waals surface area contributed by atoms with Crippen molar-refractivity contribution < 1.29 is 17.9 Å². The molecular formula is C19H26Cl2N2O4S. The topological polar surface area (TPSA) is 66.9 Å². The minimum atomic E-state index is -3.78. The summed E-state index contributed by atoms with van der Waals surface area (Å²) in [5, 5.41) is 0.228. The number of benzene rings is 1. The molecule has 0 unspecified atom stereocenters. The van der Waals surface area contributed by atoms with Gasteiger partial charge in [0.25, 0.3) is 0 Å². The van der Waals surface area contributed by atoms with E-state index >= 15 is 0 Å². The monoisotopic (exact) mass is 448 g/mol. The lowest BCUT2D eigenvalue weighted by Gasteiger charge is -2.37. The number of likely N-dealkylation sites (tertiary alicyclic amines) is 1. The van der Waals surface area contributed by atoms with Crippen LogP contribution in [0.1, 0.15) is 32.6 Å². The van der Waals surface area contributed by atoms with Crippen LogP contribution in [0.4, 0.5) is 0 Å². The van der Waals surface area contributed by atoms with Crippen molar-refractivity contribution in [1.29, 1.82) is 0 Å². The average molecular weight is 449 g/mol. The van der Waals surface area contributed by atoms with Gasteiger partial charge in [0.15, 0.2) is 0 Å². The van der Waals surface area contributed by atoms with Gasteiger partial charge in [-0.15, -0.1) is 0 Å². The molecule has 2 saturated heterocycles. The number of amides is 1. The SMILES string of the molecule is CCOC1CCN(C(=O)C2CCN(S(=O)(=O)c3c(Cl)cccc3Cl)CC2)CC1. The quantitative estimate of drug-likeness (QED) is 0.691. The average Bonchev–Trinajstić information content (AvgIpc) is 2.68. The number of ether oxygens (including phenoxy) is 1. The molecule has 0 radical (unpaired) electrons. The molecule has 2 heterocycles. The summed E-state index contributed by atoms with van der Waals surface area (Å²) < 4.78 is 32.9. The van der Waals surface area contributed by atoms with Gasteiger partial charge in [-0.25, -0.2) is 8.42 Å². The largest absolute Gasteiger partial charge is 0.378 e. The third kappa shape index (κ3) is 4.65. The predicted octanol–water partition coefficient (Wildman–Crippen LogP) is 3.42. The minimum absolute atomic E-state index is 0.0545. The fourth-order valence-corrected chi connectivity index (χ4v) is 6.50. The third-order valence-corrected chi connectivity index (χ3v) is 8.33. The maximum Gasteiger partial charge on any atom is 0.246 e. The summed E-state index contributed by atoms with van der Waals surface area (Å²) in [5.41, 5.74) is 0. The van der Waals surface area contributed by atoms with Crippen molar-refractivity contribution in [2.75, 3.05) is 32.8 Å². The second-order valence-electron chi connectivity index (χ2n) is 7.21. The van der Waals surface area contributed by atoms with E-state index in [9.17, 15) is 13.2 Å². The van der Waals surface area contributed by atoms with E-state index in [0.717, 1.165) is 12.8 Å². The van der Waals surface area contributed by atoms with Crippen LogP contribution in [0.2, 0.25) is 10.0 Å². The van der Waals surface area contributed by atoms with Crippen LogP contribution < -0.4 is 0 Å². The Morgan fingerprint density at radius 2 is 1.64 bits per heavy atom. The lowest BCUT2D eigenvalue weighted by molar-refractivity contribution is -0.139. The molecule has 156 valence electrons. The van der Waals surface area contributed by atoms with Crippen LogP contribution in [-0.4, -0.2) is 62.4 Å². The van der Waals surface area contributed by atoms with E-state index in [1.54, 1.807) is 6.07 Å². The molecule has 1 aromatic rings. The molecule has 0 bridgehead atoms. The van der Waals surface area contributed by atoms with E-state index in [2.05, 4.69) is 0 Å². The van der Waals surface area contributed by atoms with E-state index in [1.165, 1.54) is 16.4 Å². The molecule has 28 heavy (non-hydrogen) atoms. The predicted molar refractivity (Wildman–Crippen MR) is 109 cm³/mol. The molecule has 0 aromatic heterocycles. The summed E-state index contributed by atoms with van der Waals surface area (Å²) in [6.45, 7) is 4.66. The summed E-state index contributed by atoms with van der Waals surface area (Å²) in [6, 6.07) is 4.65. The number of piperidine rings is 2. The minimum Gasteiger partial charge on any atom is -0.378 e. The fourth-order valence-electron chi connectivity index (χ4n) is 3.94. The smallest absolute Gasteiger partial charge is 0.246 e. The number of sulfonamides is 1. The van der Waals surface area contributed by atoms with Gasteiger partial charge in [-0.05, 0) is 44.7 Å². The molecule has 2 aliphatic heterocycles. The van der Waals surface area contributed by atoms with Gasteiger partial charge >= 0.3 is 0 Å². The lowest BCUT2D eigenvalue weighted by Crippen LogP contribution is -2.47. The highest BCUT2D eigenvalue weighted by Gasteiger charge is 2.36. The van der Waals surface area contributed by atoms with Crippen molar-refractivity contribution in [2.24, 2.45) is 5.92 Å². The number of nitrogens with zero attached hydrogens (tertiary/aromatic N) is 2. The number of hydrogen-bond donors (Lipinski definition) is 0. The maximum atomic E-state index is 13.0. The Morgan fingerprint density at radius 3 is 2.18 bits per heavy atom. The Kier molecular flexibility index (Phi) is 7.26. The second-order valence-corrected chi connectivity index (χ2v) is 9.90. The van der Waals surface area contributed by atoms with Crippen molar-refractivity contribution in [3.63, 3.8) is 0 Å². The molecule has 0 spiro atoms. The highest BCUT2D eigenvalue weighted by atomic mass is 35.5. The molecule has 0 N–H and O–H groups in total. The van der Waals surface area contributed by atoms with Gasteiger partial charge in [-0.2, -0.15) is 4.31 Å². The van der Waals surface area contributed by atoms with Crippen molar-refractivity contribution in [3.05, 3.63) is 28.2 Å². The van der Waals surface area contributed by atoms with Crippen LogP contribution in [-0.2, 0) is 19.6 Å². The van der Waals surface area contributed by atoms with Gasteiger partial charge in [0.05, 0.1) is 16.1 Å². The van der Waals surface area contributed by atoms with Crippen LogP contribution in [0.15, 0.2) is 23.1 Å². The van der Waals surface area contributed by atoms with Crippen molar-refractivity contribution in [1.82, 2.24) is 9.21 Å². The number of hydrogen-bond acceptors (Lipinski definition) is 4. The molecule has 0 aliphatic carbocycles. The van der Waals surface area contributed by atoms with Crippen molar-refractivity contribution in [2.45, 2.75) is 43.6 Å². The van der Waals surface area contributed by atoms with E-state index in [-0.39, 0.29) is 46.0 Å². The van der Waals surface area contributed by atoms with Gasteiger partial charge in [-0.1, -0.05) is 29.3 Å². The van der Waals surface area contributed by atoms with Crippen LogP contribution in [0, 0.1) is 5.92 Å². The number of rotatable bonds is 5. The maximum absolute atomic E-state index is 13.0. The normalized spacial score (nSPS) is 20.5. The first-order valence-corrected chi connectivity index (χ1v) is 11.9. The molecule has 9 heteroatoms. The zero-order valence-electron chi connectivity index (χ0n) is 15.9. The summed E-state index contributed by atoms with van der Waals surface area (Å²) in [5.74, 6) is -0.0143. The van der Waals surface area contributed by atoms with Gasteiger partial charge in [0.2, 0.25) is 15.9 Å². The first kappa shape index (κ1) is 21.8. The lowest BCUT2D eigenvalue weighted by atomic mass is 9.95. The molecule has 1 aromatic carbocycles. The van der Waals surface area contributed by atoms with Gasteiger partial charge in [0.1, 0.15) is 4.90 Å². The van der Waals surface area contributed by atoms with E-state index in [4.69, 9.17) is 27.9 Å². The van der Waals surface area contributed by atoms with Crippen LogP contribution >= 0.6 is 23.2 Å². The molecular weight excluding hydrogens is 423 g/mol. The highest BCUT2D eigenvalue weighted by molar-refractivity contribution is 7.89. The fraction of sp³-hybridized carbons (Fsp3) is 0.632. The summed E-state index contributed by atoms with van der Waals surface area (Å²) >= 11 is 12.2. The van der Waals surface area contributed by atoms with Crippen LogP contribution in [0.25, 0.3) is 0 Å². The third-order valence-electron chi connectivity index (χ3n) is 5.48. The summed E-state index contributed by atoms with van der Waals surface area (Å²) in [7, 11) is -3.78. The molecule has 2 fully saturated rings. The van der Waals surface area contributed by atoms with Crippen molar-refractivity contribution in [3.8, 4) is 0 Å². The zero-order valence-corrected chi connectivity index (χ0v) is 18.3. The molecule has 1 amide bonds. The van der Waals surface area contributed by atoms with E-state index in [0.29, 0.717) is 32.5 Å². The van der Waals surface area contributed by atoms with Crippen LogP contribution in [0.3, 0.4) is 0 Å². The van der Waals surface area contributed by atoms with Crippen molar-refractivity contribution >= 4 is 39.1 Å². The molecule has 0 atom stereocenters. The Morgan fingerprint density at radius 1 is 1.07 bits per heavy atom. The Hall–Kier alpha value is -0.860. The first-order chi connectivity index (χ1) is 13.3. The van der Waals surface area contributed by atoms with E-state index < -0.39 is 10.0 Å². The number of halogens is 2. The number of carbonyl (C=O) groups excluding carboxylic acids is 1. The Bertz CT molecular complexity index is 782. The Labute approximate surface area is 176 Å². The van der Waals surface area contributed by atoms with Crippen LogP contribution in [0.5, 0.6) is 0 Å². The highest BCUT2D eigenvalue weighted by Crippen LogP contribution is 2.33. The molecule has 0 saturated carbocycles.